The number of aromatic carboxylic acids is 1. The zero-order valence-corrected chi connectivity index (χ0v) is 16.3. The van der Waals surface area contributed by atoms with Crippen LogP contribution in [-0.4, -0.2) is 62.3 Å². The van der Waals surface area contributed by atoms with E-state index < -0.39 is 5.97 Å². The Labute approximate surface area is 168 Å². The molecule has 1 aliphatic rings. The average Bonchev–Trinajstić information content (AvgIpc) is 3.24. The highest BCUT2D eigenvalue weighted by Crippen LogP contribution is 2.24. The molecule has 0 bridgehead atoms. The van der Waals surface area contributed by atoms with Crippen LogP contribution in [0.2, 0.25) is 0 Å². The molecule has 1 atom stereocenters. The second-order valence-electron chi connectivity index (χ2n) is 7.09. The molecule has 0 amide bonds. The number of benzene rings is 1. The Morgan fingerprint density at radius 2 is 1.83 bits per heavy atom. The van der Waals surface area contributed by atoms with Crippen LogP contribution in [-0.2, 0) is 0 Å². The summed E-state index contributed by atoms with van der Waals surface area (Å²) >= 11 is 0. The number of piperazine rings is 1. The standard InChI is InChI=1S/C20H22N6O3/c1-13-3-5-15(6-4-13)18-23-19(29-24-18)14(2)25-7-9-26(10-8-25)17-12-21-16(11-22-17)20(27)28/h3-6,11-12,14H,7-10H2,1-2H3,(H,27,28). The first-order chi connectivity index (χ1) is 14.0. The van der Waals surface area contributed by atoms with Gasteiger partial charge in [-0.1, -0.05) is 35.0 Å². The number of aryl methyl sites for hydroxylation is 1. The van der Waals surface area contributed by atoms with Crippen molar-refractivity contribution in [1.29, 1.82) is 0 Å². The molecule has 0 spiro atoms. The topological polar surface area (TPSA) is 108 Å². The number of hydrogen-bond donors (Lipinski definition) is 1. The van der Waals surface area contributed by atoms with Crippen molar-refractivity contribution in [2.24, 2.45) is 0 Å². The predicted octanol–water partition coefficient (Wildman–Crippen LogP) is 2.42. The summed E-state index contributed by atoms with van der Waals surface area (Å²) in [5.41, 5.74) is 2.07. The summed E-state index contributed by atoms with van der Waals surface area (Å²) in [7, 11) is 0. The zero-order chi connectivity index (χ0) is 20.4. The quantitative estimate of drug-likeness (QED) is 0.698. The smallest absolute Gasteiger partial charge is 0.356 e. The lowest BCUT2D eigenvalue weighted by Crippen LogP contribution is -2.47. The van der Waals surface area contributed by atoms with Crippen molar-refractivity contribution in [3.63, 3.8) is 0 Å². The van der Waals surface area contributed by atoms with Gasteiger partial charge in [-0.25, -0.2) is 14.8 Å². The Balaban J connectivity index is 1.38. The van der Waals surface area contributed by atoms with Crippen LogP contribution in [0.15, 0.2) is 41.2 Å². The van der Waals surface area contributed by atoms with Gasteiger partial charge in [-0.3, -0.25) is 4.90 Å². The number of carbonyl (C=O) groups is 1. The Hall–Kier alpha value is -3.33. The van der Waals surface area contributed by atoms with Crippen molar-refractivity contribution in [3.05, 3.63) is 53.8 Å². The fourth-order valence-corrected chi connectivity index (χ4v) is 3.31. The molecule has 3 heterocycles. The van der Waals surface area contributed by atoms with Gasteiger partial charge >= 0.3 is 5.97 Å². The van der Waals surface area contributed by atoms with E-state index >= 15 is 0 Å². The van der Waals surface area contributed by atoms with Gasteiger partial charge < -0.3 is 14.5 Å². The summed E-state index contributed by atoms with van der Waals surface area (Å²) in [6.07, 6.45) is 2.80. The summed E-state index contributed by atoms with van der Waals surface area (Å²) in [5.74, 6) is 0.799. The van der Waals surface area contributed by atoms with E-state index in [2.05, 4.69) is 36.8 Å². The Kier molecular flexibility index (Phi) is 5.22. The first-order valence-corrected chi connectivity index (χ1v) is 9.46. The zero-order valence-electron chi connectivity index (χ0n) is 16.3. The van der Waals surface area contributed by atoms with Crippen LogP contribution in [0.3, 0.4) is 0 Å². The Bertz CT molecular complexity index is 978. The summed E-state index contributed by atoms with van der Waals surface area (Å²) in [6.45, 7) is 7.20. The monoisotopic (exact) mass is 394 g/mol. The molecule has 0 aliphatic carbocycles. The van der Waals surface area contributed by atoms with Crippen molar-refractivity contribution in [2.45, 2.75) is 19.9 Å². The van der Waals surface area contributed by atoms with E-state index in [0.29, 0.717) is 17.5 Å². The maximum absolute atomic E-state index is 10.9. The molecule has 1 N–H and O–H groups in total. The molecular weight excluding hydrogens is 372 g/mol. The second kappa shape index (κ2) is 7.96. The first-order valence-electron chi connectivity index (χ1n) is 9.46. The van der Waals surface area contributed by atoms with Crippen molar-refractivity contribution >= 4 is 11.8 Å². The summed E-state index contributed by atoms with van der Waals surface area (Å²) < 4.78 is 5.52. The van der Waals surface area contributed by atoms with E-state index in [0.717, 1.165) is 31.7 Å². The minimum atomic E-state index is -1.08. The molecule has 1 saturated heterocycles. The van der Waals surface area contributed by atoms with Crippen LogP contribution in [0.25, 0.3) is 11.4 Å². The molecule has 9 heteroatoms. The van der Waals surface area contributed by atoms with Gasteiger partial charge in [0, 0.05) is 31.7 Å². The van der Waals surface area contributed by atoms with Gasteiger partial charge in [0.2, 0.25) is 11.7 Å². The highest BCUT2D eigenvalue weighted by molar-refractivity contribution is 5.84. The van der Waals surface area contributed by atoms with E-state index in [1.807, 2.05) is 31.2 Å². The van der Waals surface area contributed by atoms with Gasteiger partial charge in [-0.05, 0) is 13.8 Å². The third kappa shape index (κ3) is 4.09. The van der Waals surface area contributed by atoms with Crippen LogP contribution in [0, 0.1) is 6.92 Å². The molecule has 29 heavy (non-hydrogen) atoms. The molecular formula is C20H22N6O3. The molecule has 1 aromatic carbocycles. The fourth-order valence-electron chi connectivity index (χ4n) is 3.31. The number of aromatic nitrogens is 4. The van der Waals surface area contributed by atoms with E-state index in [1.165, 1.54) is 18.0 Å². The Morgan fingerprint density at radius 1 is 1.10 bits per heavy atom. The van der Waals surface area contributed by atoms with Gasteiger partial charge in [0.05, 0.1) is 18.4 Å². The number of carboxylic acids is 1. The molecule has 1 unspecified atom stereocenters. The molecule has 150 valence electrons. The van der Waals surface area contributed by atoms with Gasteiger partial charge in [0.1, 0.15) is 5.82 Å². The van der Waals surface area contributed by atoms with Crippen LogP contribution in [0.4, 0.5) is 5.82 Å². The fraction of sp³-hybridized carbons (Fsp3) is 0.350. The number of hydrogen-bond acceptors (Lipinski definition) is 8. The number of carboxylic acid groups (broad SMARTS) is 1. The molecule has 2 aromatic heterocycles. The predicted molar refractivity (Wildman–Crippen MR) is 106 cm³/mol. The summed E-state index contributed by atoms with van der Waals surface area (Å²) in [4.78, 5) is 28.0. The minimum absolute atomic E-state index is 0.00400. The minimum Gasteiger partial charge on any atom is -0.476 e. The maximum Gasteiger partial charge on any atom is 0.356 e. The maximum atomic E-state index is 10.9. The van der Waals surface area contributed by atoms with E-state index in [1.54, 1.807) is 0 Å². The van der Waals surface area contributed by atoms with Crippen LogP contribution >= 0.6 is 0 Å². The summed E-state index contributed by atoms with van der Waals surface area (Å²) in [5, 5.41) is 13.1. The lowest BCUT2D eigenvalue weighted by atomic mass is 10.1. The molecule has 0 saturated carbocycles. The van der Waals surface area contributed by atoms with Gasteiger partial charge in [0.25, 0.3) is 0 Å². The number of nitrogens with zero attached hydrogens (tertiary/aromatic N) is 6. The van der Waals surface area contributed by atoms with Crippen molar-refractivity contribution in [1.82, 2.24) is 25.0 Å². The van der Waals surface area contributed by atoms with Crippen LogP contribution in [0.1, 0.15) is 34.9 Å². The highest BCUT2D eigenvalue weighted by Gasteiger charge is 2.26. The normalized spacial score (nSPS) is 16.0. The molecule has 1 aliphatic heterocycles. The number of rotatable bonds is 5. The molecule has 4 rings (SSSR count). The molecule has 1 fully saturated rings. The molecule has 0 radical (unpaired) electrons. The lowest BCUT2D eigenvalue weighted by Gasteiger charge is -2.37. The van der Waals surface area contributed by atoms with Gasteiger partial charge in [0.15, 0.2) is 5.69 Å². The molecule has 3 aromatic rings. The van der Waals surface area contributed by atoms with Gasteiger partial charge in [-0.2, -0.15) is 4.98 Å². The third-order valence-corrected chi connectivity index (χ3v) is 5.15. The van der Waals surface area contributed by atoms with E-state index in [-0.39, 0.29) is 11.7 Å². The molecule has 9 nitrogen and oxygen atoms in total. The van der Waals surface area contributed by atoms with Crippen molar-refractivity contribution in [3.8, 4) is 11.4 Å². The Morgan fingerprint density at radius 3 is 2.45 bits per heavy atom. The van der Waals surface area contributed by atoms with Crippen LogP contribution in [0.5, 0.6) is 0 Å². The van der Waals surface area contributed by atoms with E-state index in [9.17, 15) is 4.79 Å². The number of anilines is 1. The average molecular weight is 394 g/mol. The van der Waals surface area contributed by atoms with E-state index in [4.69, 9.17) is 9.63 Å². The SMILES string of the molecule is Cc1ccc(-c2noc(C(C)N3CCN(c4cnc(C(=O)O)cn4)CC3)n2)cc1. The first kappa shape index (κ1) is 19.0. The second-order valence-corrected chi connectivity index (χ2v) is 7.09. The van der Waals surface area contributed by atoms with Crippen molar-refractivity contribution < 1.29 is 14.4 Å². The lowest BCUT2D eigenvalue weighted by molar-refractivity contribution is 0.0690. The third-order valence-electron chi connectivity index (χ3n) is 5.15. The van der Waals surface area contributed by atoms with Gasteiger partial charge in [-0.15, -0.1) is 0 Å². The summed E-state index contributed by atoms with van der Waals surface area (Å²) in [6, 6.07) is 8.04. The van der Waals surface area contributed by atoms with Crippen LogP contribution < -0.4 is 4.90 Å². The largest absolute Gasteiger partial charge is 0.476 e. The van der Waals surface area contributed by atoms with Crippen molar-refractivity contribution in [2.75, 3.05) is 31.1 Å². The highest BCUT2D eigenvalue weighted by atomic mass is 16.5.